The summed E-state index contributed by atoms with van der Waals surface area (Å²) in [5.74, 6) is 0. The van der Waals surface area contributed by atoms with Gasteiger partial charge in [0.25, 0.3) is 0 Å². The lowest BCUT2D eigenvalue weighted by molar-refractivity contribution is 0.0793. The average molecular weight is 381 g/mol. The van der Waals surface area contributed by atoms with Crippen LogP contribution in [0.25, 0.3) is 0 Å². The number of rotatable bonds is 22. The van der Waals surface area contributed by atoms with Gasteiger partial charge in [0, 0.05) is 0 Å². The molecule has 0 aromatic rings. The minimum absolute atomic E-state index is 0.259. The maximum Gasteiger partial charge on any atom is 0.0979 e. The minimum atomic E-state index is 0.259. The Morgan fingerprint density at radius 3 is 1.56 bits per heavy atom. The molecule has 158 valence electrons. The first-order valence-electron chi connectivity index (χ1n) is 11.0. The van der Waals surface area contributed by atoms with Crippen molar-refractivity contribution in [1.82, 2.24) is 0 Å². The molecular weight excluding hydrogens is 336 g/mol. The molecule has 3 nitrogen and oxygen atoms in total. The SMILES string of the molecule is C=COCCCCCCCCC(CCC(CCCCCC)OC=C)OC=C. The highest BCUT2D eigenvalue weighted by atomic mass is 16.5. The van der Waals surface area contributed by atoms with Crippen LogP contribution in [0.2, 0.25) is 0 Å². The highest BCUT2D eigenvalue weighted by Gasteiger charge is 2.14. The van der Waals surface area contributed by atoms with Gasteiger partial charge in [-0.3, -0.25) is 0 Å². The van der Waals surface area contributed by atoms with Crippen LogP contribution >= 0.6 is 0 Å². The lowest BCUT2D eigenvalue weighted by Gasteiger charge is -2.21. The number of unbranched alkanes of at least 4 members (excludes halogenated alkanes) is 8. The average Bonchev–Trinajstić information content (AvgIpc) is 2.67. The van der Waals surface area contributed by atoms with Gasteiger partial charge in [0.2, 0.25) is 0 Å². The molecule has 0 rings (SSSR count). The van der Waals surface area contributed by atoms with Crippen molar-refractivity contribution in [3.8, 4) is 0 Å². The molecule has 0 aromatic heterocycles. The molecule has 0 fully saturated rings. The normalized spacial score (nSPS) is 12.8. The van der Waals surface area contributed by atoms with Crippen LogP contribution in [0.15, 0.2) is 38.5 Å². The molecule has 0 aromatic carbocycles. The molecule has 0 amide bonds. The molecule has 3 heteroatoms. The van der Waals surface area contributed by atoms with Gasteiger partial charge in [0.05, 0.1) is 37.6 Å². The first kappa shape index (κ1) is 25.6. The molecule has 0 aliphatic rings. The van der Waals surface area contributed by atoms with Gasteiger partial charge in [-0.2, -0.15) is 0 Å². The first-order chi connectivity index (χ1) is 13.3. The fourth-order valence-electron chi connectivity index (χ4n) is 3.35. The van der Waals surface area contributed by atoms with E-state index in [4.69, 9.17) is 14.2 Å². The van der Waals surface area contributed by atoms with Crippen molar-refractivity contribution in [2.24, 2.45) is 0 Å². The second kappa shape index (κ2) is 20.9. The second-order valence-corrected chi connectivity index (χ2v) is 7.22. The van der Waals surface area contributed by atoms with Crippen LogP contribution in [-0.2, 0) is 14.2 Å². The molecule has 0 aliphatic carbocycles. The fraction of sp³-hybridized carbons (Fsp3) is 0.750. The van der Waals surface area contributed by atoms with E-state index in [9.17, 15) is 0 Å². The maximum atomic E-state index is 5.74. The Balaban J connectivity index is 3.89. The summed E-state index contributed by atoms with van der Waals surface area (Å²) in [6.07, 6.45) is 22.0. The largest absolute Gasteiger partial charge is 0.502 e. The minimum Gasteiger partial charge on any atom is -0.502 e. The molecule has 2 atom stereocenters. The topological polar surface area (TPSA) is 27.7 Å². The Labute approximate surface area is 168 Å². The van der Waals surface area contributed by atoms with E-state index >= 15 is 0 Å². The molecule has 2 unspecified atom stereocenters. The van der Waals surface area contributed by atoms with Crippen LogP contribution in [0.3, 0.4) is 0 Å². The van der Waals surface area contributed by atoms with Gasteiger partial charge >= 0.3 is 0 Å². The van der Waals surface area contributed by atoms with Gasteiger partial charge in [0.1, 0.15) is 0 Å². The Kier molecular flexibility index (Phi) is 19.9. The van der Waals surface area contributed by atoms with E-state index in [0.29, 0.717) is 0 Å². The lowest BCUT2D eigenvalue weighted by Crippen LogP contribution is -2.16. The van der Waals surface area contributed by atoms with Crippen molar-refractivity contribution in [1.29, 1.82) is 0 Å². The van der Waals surface area contributed by atoms with Gasteiger partial charge in [0.15, 0.2) is 0 Å². The Hall–Kier alpha value is -1.38. The predicted octanol–water partition coefficient (Wildman–Crippen LogP) is 7.69. The maximum absolute atomic E-state index is 5.74. The zero-order chi connectivity index (χ0) is 20.0. The number of hydrogen-bond acceptors (Lipinski definition) is 3. The van der Waals surface area contributed by atoms with Gasteiger partial charge < -0.3 is 14.2 Å². The Bertz CT molecular complexity index is 341. The Morgan fingerprint density at radius 2 is 1.07 bits per heavy atom. The standard InChI is InChI=1S/C24H44O3/c1-5-9-10-15-18-23(26-7-3)20-21-24(27-8-4)19-16-13-11-12-14-17-22-25-6-2/h6-8,23-24H,2-5,9-22H2,1H3. The Morgan fingerprint density at radius 1 is 0.593 bits per heavy atom. The predicted molar refractivity (Wildman–Crippen MR) is 117 cm³/mol. The first-order valence-corrected chi connectivity index (χ1v) is 11.0. The smallest absolute Gasteiger partial charge is 0.0979 e. The van der Waals surface area contributed by atoms with Crippen molar-refractivity contribution < 1.29 is 14.2 Å². The van der Waals surface area contributed by atoms with Crippen molar-refractivity contribution in [2.75, 3.05) is 6.61 Å². The van der Waals surface area contributed by atoms with E-state index in [-0.39, 0.29) is 12.2 Å². The monoisotopic (exact) mass is 380 g/mol. The van der Waals surface area contributed by atoms with Crippen LogP contribution in [0.5, 0.6) is 0 Å². The van der Waals surface area contributed by atoms with Crippen molar-refractivity contribution in [3.05, 3.63) is 38.5 Å². The second-order valence-electron chi connectivity index (χ2n) is 7.22. The summed E-state index contributed by atoms with van der Waals surface area (Å²) >= 11 is 0. The zero-order valence-corrected chi connectivity index (χ0v) is 17.8. The van der Waals surface area contributed by atoms with E-state index in [1.165, 1.54) is 64.0 Å². The van der Waals surface area contributed by atoms with E-state index < -0.39 is 0 Å². The van der Waals surface area contributed by atoms with E-state index in [0.717, 1.165) is 38.7 Å². The lowest BCUT2D eigenvalue weighted by atomic mass is 10.00. The summed E-state index contributed by atoms with van der Waals surface area (Å²) in [5, 5.41) is 0. The molecule has 27 heavy (non-hydrogen) atoms. The summed E-state index contributed by atoms with van der Waals surface area (Å²) in [4.78, 5) is 0. The van der Waals surface area contributed by atoms with Crippen molar-refractivity contribution in [3.63, 3.8) is 0 Å². The molecule has 0 bridgehead atoms. The third kappa shape index (κ3) is 17.8. The molecular formula is C24H44O3. The van der Waals surface area contributed by atoms with E-state index in [1.807, 2.05) is 0 Å². The number of hydrogen-bond donors (Lipinski definition) is 0. The highest BCUT2D eigenvalue weighted by Crippen LogP contribution is 2.19. The van der Waals surface area contributed by atoms with Crippen LogP contribution in [-0.4, -0.2) is 18.8 Å². The van der Waals surface area contributed by atoms with E-state index in [1.54, 1.807) is 12.5 Å². The highest BCUT2D eigenvalue weighted by molar-refractivity contribution is 4.70. The van der Waals surface area contributed by atoms with E-state index in [2.05, 4.69) is 26.7 Å². The van der Waals surface area contributed by atoms with Crippen molar-refractivity contribution in [2.45, 2.75) is 109 Å². The van der Waals surface area contributed by atoms with Gasteiger partial charge in [-0.05, 0) is 44.9 Å². The summed E-state index contributed by atoms with van der Waals surface area (Å²) < 4.78 is 16.6. The third-order valence-electron chi connectivity index (χ3n) is 4.92. The summed E-state index contributed by atoms with van der Waals surface area (Å²) in [6, 6.07) is 0. The molecule has 0 N–H and O–H groups in total. The van der Waals surface area contributed by atoms with Gasteiger partial charge in [-0.15, -0.1) is 0 Å². The van der Waals surface area contributed by atoms with Crippen molar-refractivity contribution >= 4 is 0 Å². The van der Waals surface area contributed by atoms with Gasteiger partial charge in [-0.1, -0.05) is 71.6 Å². The fourth-order valence-corrected chi connectivity index (χ4v) is 3.35. The summed E-state index contributed by atoms with van der Waals surface area (Å²) in [6.45, 7) is 14.1. The molecule has 0 saturated heterocycles. The molecule has 0 heterocycles. The van der Waals surface area contributed by atoms with Crippen LogP contribution in [0, 0.1) is 0 Å². The summed E-state index contributed by atoms with van der Waals surface area (Å²) in [7, 11) is 0. The quantitative estimate of drug-likeness (QED) is 0.142. The molecule has 0 spiro atoms. The molecule has 0 radical (unpaired) electrons. The van der Waals surface area contributed by atoms with Gasteiger partial charge in [-0.25, -0.2) is 0 Å². The van der Waals surface area contributed by atoms with Crippen LogP contribution in [0.4, 0.5) is 0 Å². The molecule has 0 saturated carbocycles. The molecule has 0 aliphatic heterocycles. The zero-order valence-electron chi connectivity index (χ0n) is 17.8. The van der Waals surface area contributed by atoms with Crippen LogP contribution in [0.1, 0.15) is 96.8 Å². The van der Waals surface area contributed by atoms with Crippen LogP contribution < -0.4 is 0 Å². The summed E-state index contributed by atoms with van der Waals surface area (Å²) in [5.41, 5.74) is 0. The third-order valence-corrected chi connectivity index (χ3v) is 4.92. The number of ether oxygens (including phenoxy) is 3.